The molecule has 1 aliphatic rings. The lowest BCUT2D eigenvalue weighted by atomic mass is 10.0. The van der Waals surface area contributed by atoms with Crippen LogP contribution in [0.4, 0.5) is 17.1 Å². The molecule has 3 rings (SSSR count). The molecule has 4 heteroatoms. The number of hydrogen-bond acceptors (Lipinski definition) is 4. The average Bonchev–Trinajstić information content (AvgIpc) is 3.61. The molecule has 0 saturated heterocycles. The molecule has 2 aromatic rings. The number of benzene rings is 2. The van der Waals surface area contributed by atoms with Gasteiger partial charge in [-0.15, -0.1) is 0 Å². The zero-order valence-electron chi connectivity index (χ0n) is 19.0. The fourth-order valence-electron chi connectivity index (χ4n) is 3.65. The van der Waals surface area contributed by atoms with Crippen LogP contribution in [0, 0.1) is 18.3 Å². The lowest BCUT2D eigenvalue weighted by Crippen LogP contribution is -2.20. The maximum Gasteiger partial charge on any atom is 0.0660 e. The van der Waals surface area contributed by atoms with Gasteiger partial charge in [0.1, 0.15) is 0 Å². The minimum absolute atomic E-state index is 0.566. The zero-order valence-corrected chi connectivity index (χ0v) is 19.0. The van der Waals surface area contributed by atoms with Gasteiger partial charge in [-0.2, -0.15) is 0 Å². The maximum atomic E-state index is 7.39. The van der Waals surface area contributed by atoms with Crippen LogP contribution < -0.4 is 10.6 Å². The van der Waals surface area contributed by atoms with Crippen LogP contribution >= 0.6 is 0 Å². The number of aliphatic imine (C=N–C) groups is 1. The Labute approximate surface area is 186 Å². The molecule has 0 radical (unpaired) electrons. The second kappa shape index (κ2) is 10.3. The van der Waals surface area contributed by atoms with E-state index in [1.54, 1.807) is 6.21 Å². The van der Waals surface area contributed by atoms with Gasteiger partial charge >= 0.3 is 0 Å². The first-order valence-corrected chi connectivity index (χ1v) is 11.2. The zero-order chi connectivity index (χ0) is 22.4. The van der Waals surface area contributed by atoms with E-state index in [9.17, 15) is 0 Å². The van der Waals surface area contributed by atoms with Gasteiger partial charge in [0, 0.05) is 42.1 Å². The second-order valence-corrected chi connectivity index (χ2v) is 8.29. The van der Waals surface area contributed by atoms with Crippen molar-refractivity contribution in [3.63, 3.8) is 0 Å². The first-order valence-electron chi connectivity index (χ1n) is 11.2. The van der Waals surface area contributed by atoms with Crippen LogP contribution in [-0.2, 0) is 12.8 Å². The number of aryl methyl sites for hydroxylation is 3. The van der Waals surface area contributed by atoms with E-state index in [0.29, 0.717) is 11.1 Å². The summed E-state index contributed by atoms with van der Waals surface area (Å²) in [6, 6.07) is 13.4. The fraction of sp³-hybridized carbons (Fsp3) is 0.333. The van der Waals surface area contributed by atoms with Crippen LogP contribution in [0.15, 0.2) is 65.3 Å². The summed E-state index contributed by atoms with van der Waals surface area (Å²) in [6.07, 6.45) is 8.96. The van der Waals surface area contributed by atoms with Crippen molar-refractivity contribution in [3.05, 3.63) is 77.0 Å². The molecule has 1 saturated carbocycles. The third kappa shape index (κ3) is 5.72. The molecule has 0 bridgehead atoms. The molecule has 0 spiro atoms. The van der Waals surface area contributed by atoms with Gasteiger partial charge in [-0.05, 0) is 91.1 Å². The number of anilines is 2. The predicted molar refractivity (Wildman–Crippen MR) is 134 cm³/mol. The van der Waals surface area contributed by atoms with E-state index < -0.39 is 0 Å². The number of nitrogens with zero attached hydrogens (tertiary/aromatic N) is 2. The Hall–Kier alpha value is -3.14. The van der Waals surface area contributed by atoms with Crippen LogP contribution in [0.3, 0.4) is 0 Å². The number of rotatable bonds is 10. The molecule has 0 aliphatic heterocycles. The molecule has 4 nitrogen and oxygen atoms in total. The van der Waals surface area contributed by atoms with Crippen molar-refractivity contribution < 1.29 is 0 Å². The van der Waals surface area contributed by atoms with Crippen molar-refractivity contribution in [2.24, 2.45) is 16.6 Å². The second-order valence-electron chi connectivity index (χ2n) is 8.29. The summed E-state index contributed by atoms with van der Waals surface area (Å²) < 4.78 is 0. The van der Waals surface area contributed by atoms with Crippen LogP contribution in [0.5, 0.6) is 0 Å². The van der Waals surface area contributed by atoms with Gasteiger partial charge in [-0.3, -0.25) is 4.99 Å². The van der Waals surface area contributed by atoms with E-state index in [4.69, 9.17) is 11.1 Å². The molecule has 0 atom stereocenters. The standard InChI is InChI=1S/C27H34N4/c1-5-21-12-22(6-2)14-26(13-21)31(18-23-7-8-23)25-9-10-27(19(3)11-25)30-17-20(4)24(15-28)16-29/h9-17,23,28H,4-8,18,29H2,1-3H3/b24-16+,28-15?,30-17?. The minimum atomic E-state index is 0.566. The molecular formula is C27H34N4. The van der Waals surface area contributed by atoms with Gasteiger partial charge in [0.2, 0.25) is 0 Å². The van der Waals surface area contributed by atoms with Crippen LogP contribution in [0.2, 0.25) is 0 Å². The Bertz CT molecular complexity index is 990. The van der Waals surface area contributed by atoms with Crippen molar-refractivity contribution in [2.75, 3.05) is 11.4 Å². The maximum absolute atomic E-state index is 7.39. The summed E-state index contributed by atoms with van der Waals surface area (Å²) in [5.74, 6) is 0.777. The van der Waals surface area contributed by atoms with Crippen LogP contribution in [0.25, 0.3) is 0 Å². The van der Waals surface area contributed by atoms with Crippen molar-refractivity contribution in [1.29, 1.82) is 5.41 Å². The molecule has 2 aromatic carbocycles. The lowest BCUT2D eigenvalue weighted by molar-refractivity contribution is 0.812. The van der Waals surface area contributed by atoms with E-state index in [1.165, 1.54) is 47.8 Å². The molecular weight excluding hydrogens is 380 g/mol. The lowest BCUT2D eigenvalue weighted by Gasteiger charge is -2.27. The highest BCUT2D eigenvalue weighted by atomic mass is 15.1. The minimum Gasteiger partial charge on any atom is -0.404 e. The molecule has 1 fully saturated rings. The van der Waals surface area contributed by atoms with Crippen molar-refractivity contribution in [2.45, 2.75) is 46.5 Å². The fourth-order valence-corrected chi connectivity index (χ4v) is 3.65. The summed E-state index contributed by atoms with van der Waals surface area (Å²) in [5, 5.41) is 7.39. The Kier molecular flexibility index (Phi) is 7.45. The quantitative estimate of drug-likeness (QED) is 0.348. The number of allylic oxidation sites excluding steroid dienone is 2. The summed E-state index contributed by atoms with van der Waals surface area (Å²) >= 11 is 0. The van der Waals surface area contributed by atoms with Gasteiger partial charge in [0.25, 0.3) is 0 Å². The normalized spacial score (nSPS) is 14.1. The van der Waals surface area contributed by atoms with Crippen LogP contribution in [-0.4, -0.2) is 19.0 Å². The van der Waals surface area contributed by atoms with Gasteiger partial charge in [-0.1, -0.05) is 26.5 Å². The average molecular weight is 415 g/mol. The largest absolute Gasteiger partial charge is 0.404 e. The van der Waals surface area contributed by atoms with Gasteiger partial charge < -0.3 is 16.0 Å². The monoisotopic (exact) mass is 414 g/mol. The van der Waals surface area contributed by atoms with E-state index >= 15 is 0 Å². The predicted octanol–water partition coefficient (Wildman–Crippen LogP) is 6.42. The van der Waals surface area contributed by atoms with Crippen LogP contribution in [0.1, 0.15) is 43.4 Å². The summed E-state index contributed by atoms with van der Waals surface area (Å²) in [4.78, 5) is 7.05. The third-order valence-electron chi connectivity index (χ3n) is 5.86. The molecule has 0 aromatic heterocycles. The molecule has 3 N–H and O–H groups in total. The van der Waals surface area contributed by atoms with Gasteiger partial charge in [-0.25, -0.2) is 0 Å². The Morgan fingerprint density at radius 1 is 1.13 bits per heavy atom. The highest BCUT2D eigenvalue weighted by Crippen LogP contribution is 2.37. The van der Waals surface area contributed by atoms with Gasteiger partial charge in [0.05, 0.1) is 5.69 Å². The number of hydrogen-bond donors (Lipinski definition) is 2. The van der Waals surface area contributed by atoms with Crippen molar-refractivity contribution in [3.8, 4) is 0 Å². The van der Waals surface area contributed by atoms with E-state index in [-0.39, 0.29) is 0 Å². The summed E-state index contributed by atoms with van der Waals surface area (Å²) in [6.45, 7) is 11.5. The number of nitrogens with one attached hydrogen (secondary N) is 1. The first kappa shape index (κ1) is 22.5. The summed E-state index contributed by atoms with van der Waals surface area (Å²) in [5.41, 5.74) is 14.0. The van der Waals surface area contributed by atoms with E-state index in [2.05, 4.69) is 73.6 Å². The Morgan fingerprint density at radius 3 is 2.32 bits per heavy atom. The molecule has 0 unspecified atom stereocenters. The smallest absolute Gasteiger partial charge is 0.0660 e. The molecule has 0 heterocycles. The SMILES string of the molecule is C=C(C=Nc1ccc(N(CC2CC2)c2cc(CC)cc(CC)c2)cc1C)/C(C=N)=C/N. The first-order chi connectivity index (χ1) is 15.0. The highest BCUT2D eigenvalue weighted by Gasteiger charge is 2.26. The highest BCUT2D eigenvalue weighted by molar-refractivity contribution is 5.97. The van der Waals surface area contributed by atoms with E-state index in [0.717, 1.165) is 36.6 Å². The van der Waals surface area contributed by atoms with Crippen molar-refractivity contribution in [1.82, 2.24) is 0 Å². The number of nitrogens with two attached hydrogens (primary N) is 1. The molecule has 31 heavy (non-hydrogen) atoms. The summed E-state index contributed by atoms with van der Waals surface area (Å²) in [7, 11) is 0. The Balaban J connectivity index is 1.92. The molecule has 0 amide bonds. The Morgan fingerprint density at radius 2 is 1.81 bits per heavy atom. The van der Waals surface area contributed by atoms with Crippen molar-refractivity contribution >= 4 is 29.5 Å². The van der Waals surface area contributed by atoms with E-state index in [1.807, 2.05) is 0 Å². The molecule has 162 valence electrons. The topological polar surface area (TPSA) is 65.5 Å². The third-order valence-corrected chi connectivity index (χ3v) is 5.86. The molecule has 1 aliphatic carbocycles. The van der Waals surface area contributed by atoms with Gasteiger partial charge in [0.15, 0.2) is 0 Å².